The number of benzene rings is 1. The minimum absolute atomic E-state index is 0.0667. The molecule has 2 aliphatic rings. The zero-order valence-corrected chi connectivity index (χ0v) is 15.5. The largest absolute Gasteiger partial charge is 0.390 e. The minimum Gasteiger partial charge on any atom is -0.390 e. The number of carbonyl (C=O) groups excluding carboxylic acids is 1. The highest BCUT2D eigenvalue weighted by atomic mass is 16.3. The van der Waals surface area contributed by atoms with Crippen molar-refractivity contribution in [1.82, 2.24) is 14.7 Å². The third kappa shape index (κ3) is 4.81. The van der Waals surface area contributed by atoms with Crippen LogP contribution in [-0.2, 0) is 11.3 Å². The number of carbonyl (C=O) groups is 1. The molecule has 2 saturated heterocycles. The van der Waals surface area contributed by atoms with Gasteiger partial charge in [-0.05, 0) is 25.8 Å². The van der Waals surface area contributed by atoms with Crippen molar-refractivity contribution in [1.29, 1.82) is 0 Å². The molecule has 5 nitrogen and oxygen atoms in total. The summed E-state index contributed by atoms with van der Waals surface area (Å²) in [7, 11) is 0. The topological polar surface area (TPSA) is 47.0 Å². The number of piperazine rings is 1. The van der Waals surface area contributed by atoms with E-state index in [4.69, 9.17) is 0 Å². The van der Waals surface area contributed by atoms with Crippen LogP contribution in [0.3, 0.4) is 0 Å². The second kappa shape index (κ2) is 7.85. The molecule has 1 aromatic rings. The van der Waals surface area contributed by atoms with E-state index in [9.17, 15) is 9.90 Å². The lowest BCUT2D eigenvalue weighted by atomic mass is 9.97. The Morgan fingerprint density at radius 2 is 1.88 bits per heavy atom. The molecule has 0 spiro atoms. The van der Waals surface area contributed by atoms with Crippen molar-refractivity contribution in [2.75, 3.05) is 39.3 Å². The van der Waals surface area contributed by atoms with E-state index in [1.54, 1.807) is 0 Å². The van der Waals surface area contributed by atoms with Crippen molar-refractivity contribution < 1.29 is 9.90 Å². The normalized spacial score (nSPS) is 23.2. The number of aliphatic hydroxyl groups is 1. The van der Waals surface area contributed by atoms with Crippen LogP contribution in [0.25, 0.3) is 0 Å². The van der Waals surface area contributed by atoms with Gasteiger partial charge in [-0.25, -0.2) is 0 Å². The molecule has 3 rings (SSSR count). The van der Waals surface area contributed by atoms with Crippen LogP contribution in [0.1, 0.15) is 32.3 Å². The summed E-state index contributed by atoms with van der Waals surface area (Å²) < 4.78 is 0. The van der Waals surface area contributed by atoms with Crippen LogP contribution in [-0.4, -0.2) is 76.6 Å². The predicted octanol–water partition coefficient (Wildman–Crippen LogP) is 1.57. The number of hydrogen-bond acceptors (Lipinski definition) is 4. The summed E-state index contributed by atoms with van der Waals surface area (Å²) in [5.41, 5.74) is 1.41. The summed E-state index contributed by atoms with van der Waals surface area (Å²) >= 11 is 0. The van der Waals surface area contributed by atoms with Gasteiger partial charge < -0.3 is 10.0 Å². The molecule has 1 N–H and O–H groups in total. The van der Waals surface area contributed by atoms with Crippen molar-refractivity contribution in [3.8, 4) is 0 Å². The number of rotatable bonds is 6. The van der Waals surface area contributed by atoms with Gasteiger partial charge in [0.25, 0.3) is 0 Å². The van der Waals surface area contributed by atoms with Gasteiger partial charge in [-0.15, -0.1) is 0 Å². The maximum absolute atomic E-state index is 11.7. The second-order valence-corrected chi connectivity index (χ2v) is 8.05. The maximum Gasteiger partial charge on any atom is 0.222 e. The van der Waals surface area contributed by atoms with Crippen LogP contribution in [0.5, 0.6) is 0 Å². The maximum atomic E-state index is 11.7. The van der Waals surface area contributed by atoms with E-state index in [0.717, 1.165) is 39.1 Å². The molecule has 2 aliphatic heterocycles. The lowest BCUT2D eigenvalue weighted by Crippen LogP contribution is -2.60. The van der Waals surface area contributed by atoms with E-state index >= 15 is 0 Å². The first kappa shape index (κ1) is 18.4. The van der Waals surface area contributed by atoms with E-state index in [1.165, 1.54) is 5.56 Å². The fourth-order valence-corrected chi connectivity index (χ4v) is 4.05. The van der Waals surface area contributed by atoms with Gasteiger partial charge in [0.05, 0.1) is 6.10 Å². The number of hydrogen-bond donors (Lipinski definition) is 1. The summed E-state index contributed by atoms with van der Waals surface area (Å²) in [6.07, 6.45) is 1.10. The van der Waals surface area contributed by atoms with Gasteiger partial charge in [0.2, 0.25) is 5.91 Å². The summed E-state index contributed by atoms with van der Waals surface area (Å²) in [4.78, 5) is 18.4. The first-order valence-electron chi connectivity index (χ1n) is 9.41. The van der Waals surface area contributed by atoms with Gasteiger partial charge in [-0.1, -0.05) is 30.3 Å². The second-order valence-electron chi connectivity index (χ2n) is 8.05. The summed E-state index contributed by atoms with van der Waals surface area (Å²) in [5, 5.41) is 10.4. The minimum atomic E-state index is -0.460. The number of likely N-dealkylation sites (tertiary alicyclic amines) is 1. The fourth-order valence-electron chi connectivity index (χ4n) is 4.05. The molecule has 1 atom stereocenters. The van der Waals surface area contributed by atoms with Gasteiger partial charge in [-0.3, -0.25) is 14.6 Å². The van der Waals surface area contributed by atoms with E-state index in [2.05, 4.69) is 54.0 Å². The highest BCUT2D eigenvalue weighted by molar-refractivity contribution is 5.78. The molecule has 5 heteroatoms. The van der Waals surface area contributed by atoms with Crippen LogP contribution in [0.2, 0.25) is 0 Å². The average molecular weight is 345 g/mol. The summed E-state index contributed by atoms with van der Waals surface area (Å²) in [6, 6.07) is 10.6. The van der Waals surface area contributed by atoms with Crippen molar-refractivity contribution in [3.63, 3.8) is 0 Å². The molecule has 0 aromatic heterocycles. The van der Waals surface area contributed by atoms with Crippen molar-refractivity contribution >= 4 is 5.91 Å². The highest BCUT2D eigenvalue weighted by Crippen LogP contribution is 2.23. The monoisotopic (exact) mass is 345 g/mol. The Balaban J connectivity index is 1.50. The average Bonchev–Trinajstić information content (AvgIpc) is 2.95. The van der Waals surface area contributed by atoms with E-state index in [0.29, 0.717) is 19.5 Å². The van der Waals surface area contributed by atoms with Gasteiger partial charge in [0.15, 0.2) is 0 Å². The first-order valence-corrected chi connectivity index (χ1v) is 9.41. The molecule has 0 aliphatic carbocycles. The molecular weight excluding hydrogens is 314 g/mol. The van der Waals surface area contributed by atoms with E-state index < -0.39 is 6.10 Å². The number of amides is 1. The Morgan fingerprint density at radius 3 is 2.52 bits per heavy atom. The molecule has 2 heterocycles. The molecule has 0 bridgehead atoms. The zero-order valence-electron chi connectivity index (χ0n) is 15.5. The summed E-state index contributed by atoms with van der Waals surface area (Å²) in [6.45, 7) is 10.3. The lowest BCUT2D eigenvalue weighted by molar-refractivity contribution is -0.129. The van der Waals surface area contributed by atoms with Crippen LogP contribution < -0.4 is 0 Å². The van der Waals surface area contributed by atoms with Crippen molar-refractivity contribution in [3.05, 3.63) is 35.9 Å². The molecule has 1 amide bonds. The highest BCUT2D eigenvalue weighted by Gasteiger charge is 2.34. The van der Waals surface area contributed by atoms with E-state index in [1.807, 2.05) is 4.90 Å². The smallest absolute Gasteiger partial charge is 0.222 e. The fraction of sp³-hybridized carbons (Fsp3) is 0.650. The SMILES string of the molecule is CC1(C)CN(CC(O)CN2CCCC2=O)CCN1Cc1ccccc1. The van der Waals surface area contributed by atoms with Gasteiger partial charge in [-0.2, -0.15) is 0 Å². The van der Waals surface area contributed by atoms with Crippen molar-refractivity contribution in [2.24, 2.45) is 0 Å². The summed E-state index contributed by atoms with van der Waals surface area (Å²) in [5.74, 6) is 0.187. The zero-order chi connectivity index (χ0) is 17.9. The van der Waals surface area contributed by atoms with Gasteiger partial charge >= 0.3 is 0 Å². The number of aliphatic hydroxyl groups excluding tert-OH is 1. The Hall–Kier alpha value is -1.43. The van der Waals surface area contributed by atoms with Crippen LogP contribution in [0.15, 0.2) is 30.3 Å². The molecule has 2 fully saturated rings. The molecule has 138 valence electrons. The number of β-amino-alcohol motifs (C(OH)–C–C–N with tert-alkyl or cyclic N) is 1. The predicted molar refractivity (Wildman–Crippen MR) is 99.2 cm³/mol. The Morgan fingerprint density at radius 1 is 1.12 bits per heavy atom. The quantitative estimate of drug-likeness (QED) is 0.850. The first-order chi connectivity index (χ1) is 11.9. The van der Waals surface area contributed by atoms with Gasteiger partial charge in [0, 0.05) is 57.8 Å². The third-order valence-corrected chi connectivity index (χ3v) is 5.44. The Kier molecular flexibility index (Phi) is 5.77. The molecule has 0 radical (unpaired) electrons. The standard InChI is InChI=1S/C20H31N3O2/c1-20(2)16-21(14-18(24)15-22-10-6-9-19(22)25)11-12-23(20)13-17-7-4-3-5-8-17/h3-5,7-8,18,24H,6,9-16H2,1-2H3. The van der Waals surface area contributed by atoms with E-state index in [-0.39, 0.29) is 11.4 Å². The molecular formula is C20H31N3O2. The van der Waals surface area contributed by atoms with Crippen LogP contribution in [0, 0.1) is 0 Å². The Labute approximate surface area is 151 Å². The van der Waals surface area contributed by atoms with Crippen LogP contribution >= 0.6 is 0 Å². The Bertz CT molecular complexity index is 576. The number of nitrogens with zero attached hydrogens (tertiary/aromatic N) is 3. The molecule has 1 aromatic carbocycles. The van der Waals surface area contributed by atoms with Crippen LogP contribution in [0.4, 0.5) is 0 Å². The molecule has 1 unspecified atom stereocenters. The van der Waals surface area contributed by atoms with Gasteiger partial charge in [0.1, 0.15) is 0 Å². The van der Waals surface area contributed by atoms with Crippen molar-refractivity contribution in [2.45, 2.75) is 44.9 Å². The molecule has 25 heavy (non-hydrogen) atoms. The third-order valence-electron chi connectivity index (χ3n) is 5.44. The lowest BCUT2D eigenvalue weighted by Gasteiger charge is -2.47. The molecule has 0 saturated carbocycles.